The monoisotopic (exact) mass is 338 g/mol. The van der Waals surface area contributed by atoms with Gasteiger partial charge in [-0.25, -0.2) is 4.79 Å². The molecule has 3 rings (SSSR count). The van der Waals surface area contributed by atoms with Gasteiger partial charge < -0.3 is 14.6 Å². The van der Waals surface area contributed by atoms with E-state index in [0.717, 1.165) is 29.9 Å². The maximum absolute atomic E-state index is 11.1. The Kier molecular flexibility index (Phi) is 4.53. The maximum atomic E-state index is 11.1. The first-order chi connectivity index (χ1) is 11.9. The van der Waals surface area contributed by atoms with Crippen LogP contribution in [0.15, 0.2) is 36.4 Å². The second kappa shape index (κ2) is 6.63. The number of carbonyl (C=O) groups is 1. The van der Waals surface area contributed by atoms with Crippen LogP contribution in [0.4, 0.5) is 0 Å². The van der Waals surface area contributed by atoms with Crippen molar-refractivity contribution in [2.24, 2.45) is 0 Å². The van der Waals surface area contributed by atoms with Crippen molar-refractivity contribution in [2.75, 3.05) is 13.7 Å². The lowest BCUT2D eigenvalue weighted by Gasteiger charge is -2.32. The molecule has 0 fully saturated rings. The second-order valence-electron chi connectivity index (χ2n) is 6.83. The van der Waals surface area contributed by atoms with E-state index in [9.17, 15) is 4.79 Å². The highest BCUT2D eigenvalue weighted by atomic mass is 16.5. The van der Waals surface area contributed by atoms with Crippen LogP contribution >= 0.6 is 0 Å². The zero-order chi connectivity index (χ0) is 18.0. The van der Waals surface area contributed by atoms with Crippen LogP contribution in [-0.4, -0.2) is 24.8 Å². The van der Waals surface area contributed by atoms with Crippen LogP contribution < -0.4 is 9.47 Å². The summed E-state index contributed by atoms with van der Waals surface area (Å²) in [6.07, 6.45) is 4.93. The van der Waals surface area contributed by atoms with Gasteiger partial charge in [0.15, 0.2) is 0 Å². The number of carboxylic acid groups (broad SMARTS) is 1. The molecule has 0 unspecified atom stereocenters. The summed E-state index contributed by atoms with van der Waals surface area (Å²) in [5.74, 6) is 0.528. The zero-order valence-corrected chi connectivity index (χ0v) is 14.7. The fourth-order valence-corrected chi connectivity index (χ4v) is 3.02. The lowest BCUT2D eigenvalue weighted by atomic mass is 9.79. The van der Waals surface area contributed by atoms with Gasteiger partial charge in [-0.3, -0.25) is 0 Å². The quantitative estimate of drug-likeness (QED) is 0.826. The van der Waals surface area contributed by atoms with Crippen molar-refractivity contribution in [3.05, 3.63) is 58.7 Å². The molecule has 1 aliphatic heterocycles. The van der Waals surface area contributed by atoms with Gasteiger partial charge in [-0.1, -0.05) is 38.1 Å². The highest BCUT2D eigenvalue weighted by Crippen LogP contribution is 2.39. The Morgan fingerprint density at radius 1 is 1.20 bits per heavy atom. The van der Waals surface area contributed by atoms with Crippen LogP contribution in [-0.2, 0) is 5.41 Å². The van der Waals surface area contributed by atoms with Crippen molar-refractivity contribution in [2.45, 2.75) is 25.7 Å². The maximum Gasteiger partial charge on any atom is 0.335 e. The summed E-state index contributed by atoms with van der Waals surface area (Å²) in [5.41, 5.74) is 3.43. The Bertz CT molecular complexity index is 834. The molecule has 4 heteroatoms. The van der Waals surface area contributed by atoms with Gasteiger partial charge in [0, 0.05) is 11.1 Å². The minimum atomic E-state index is -0.967. The standard InChI is InChI=1S/C21H22O4/c1-21(2)10-11-25-18-9-5-14(12-17(18)21)4-6-15-7-8-16(20(22)23)13-19(15)24-3/h4-9,12-13H,10-11H2,1-3H3,(H,22,23). The minimum Gasteiger partial charge on any atom is -0.496 e. The van der Waals surface area contributed by atoms with Crippen molar-refractivity contribution in [1.82, 2.24) is 0 Å². The largest absolute Gasteiger partial charge is 0.496 e. The first kappa shape index (κ1) is 17.1. The van der Waals surface area contributed by atoms with E-state index in [1.165, 1.54) is 18.7 Å². The predicted octanol–water partition coefficient (Wildman–Crippen LogP) is 4.62. The third kappa shape index (κ3) is 3.53. The molecule has 2 aromatic carbocycles. The molecule has 0 spiro atoms. The number of fused-ring (bicyclic) bond motifs is 1. The lowest BCUT2D eigenvalue weighted by Crippen LogP contribution is -2.26. The molecule has 0 aromatic heterocycles. The molecule has 4 nitrogen and oxygen atoms in total. The number of carboxylic acids is 1. The molecule has 1 N–H and O–H groups in total. The number of rotatable bonds is 4. The third-order valence-corrected chi connectivity index (χ3v) is 4.65. The Morgan fingerprint density at radius 3 is 2.72 bits per heavy atom. The van der Waals surface area contributed by atoms with Crippen molar-refractivity contribution in [1.29, 1.82) is 0 Å². The molecular formula is C21H22O4. The molecule has 0 radical (unpaired) electrons. The van der Waals surface area contributed by atoms with Crippen LogP contribution in [0.25, 0.3) is 12.2 Å². The Morgan fingerprint density at radius 2 is 2.00 bits per heavy atom. The van der Waals surface area contributed by atoms with Gasteiger partial charge in [0.05, 0.1) is 19.3 Å². The van der Waals surface area contributed by atoms with Crippen LogP contribution in [0.5, 0.6) is 11.5 Å². The van der Waals surface area contributed by atoms with Gasteiger partial charge >= 0.3 is 5.97 Å². The van der Waals surface area contributed by atoms with E-state index in [4.69, 9.17) is 14.6 Å². The summed E-state index contributed by atoms with van der Waals surface area (Å²) in [5, 5.41) is 9.08. The first-order valence-corrected chi connectivity index (χ1v) is 8.27. The van der Waals surface area contributed by atoms with Gasteiger partial charge in [-0.15, -0.1) is 0 Å². The third-order valence-electron chi connectivity index (χ3n) is 4.65. The van der Waals surface area contributed by atoms with Gasteiger partial charge in [-0.2, -0.15) is 0 Å². The van der Waals surface area contributed by atoms with E-state index in [2.05, 4.69) is 19.9 Å². The van der Waals surface area contributed by atoms with E-state index in [1.54, 1.807) is 12.1 Å². The molecule has 0 atom stereocenters. The Labute approximate surface area is 147 Å². The molecule has 0 bridgehead atoms. The predicted molar refractivity (Wildman–Crippen MR) is 98.5 cm³/mol. The SMILES string of the molecule is COc1cc(C(=O)O)ccc1C=Cc1ccc2c(c1)C(C)(C)CCO2. The highest BCUT2D eigenvalue weighted by Gasteiger charge is 2.28. The summed E-state index contributed by atoms with van der Waals surface area (Å²) in [7, 11) is 1.54. The summed E-state index contributed by atoms with van der Waals surface area (Å²) in [6.45, 7) is 5.22. The summed E-state index contributed by atoms with van der Waals surface area (Å²) in [4.78, 5) is 11.1. The van der Waals surface area contributed by atoms with Crippen molar-refractivity contribution in [3.8, 4) is 11.5 Å². The van der Waals surface area contributed by atoms with Crippen LogP contribution in [0.2, 0.25) is 0 Å². The number of hydrogen-bond donors (Lipinski definition) is 1. The van der Waals surface area contributed by atoms with E-state index in [1.807, 2.05) is 24.3 Å². The van der Waals surface area contributed by atoms with E-state index >= 15 is 0 Å². The molecule has 0 amide bonds. The minimum absolute atomic E-state index is 0.0955. The van der Waals surface area contributed by atoms with Crippen molar-refractivity contribution in [3.63, 3.8) is 0 Å². The molecule has 1 aliphatic rings. The zero-order valence-electron chi connectivity index (χ0n) is 14.7. The van der Waals surface area contributed by atoms with Gasteiger partial charge in [0.25, 0.3) is 0 Å². The number of aromatic carboxylic acids is 1. The average molecular weight is 338 g/mol. The molecule has 0 saturated carbocycles. The summed E-state index contributed by atoms with van der Waals surface area (Å²) in [6, 6.07) is 11.1. The van der Waals surface area contributed by atoms with Crippen LogP contribution in [0.1, 0.15) is 47.3 Å². The smallest absolute Gasteiger partial charge is 0.335 e. The summed E-state index contributed by atoms with van der Waals surface area (Å²) >= 11 is 0. The van der Waals surface area contributed by atoms with Gasteiger partial charge in [0.1, 0.15) is 11.5 Å². The number of hydrogen-bond acceptors (Lipinski definition) is 3. The highest BCUT2D eigenvalue weighted by molar-refractivity contribution is 5.89. The van der Waals surface area contributed by atoms with Gasteiger partial charge in [0.2, 0.25) is 0 Å². The normalized spacial score (nSPS) is 15.5. The second-order valence-corrected chi connectivity index (χ2v) is 6.83. The van der Waals surface area contributed by atoms with E-state index < -0.39 is 5.97 Å². The molecular weight excluding hydrogens is 316 g/mol. The summed E-state index contributed by atoms with van der Waals surface area (Å²) < 4.78 is 11.1. The topological polar surface area (TPSA) is 55.8 Å². The lowest BCUT2D eigenvalue weighted by molar-refractivity contribution is 0.0696. The first-order valence-electron chi connectivity index (χ1n) is 8.27. The fourth-order valence-electron chi connectivity index (χ4n) is 3.02. The van der Waals surface area contributed by atoms with Crippen LogP contribution in [0, 0.1) is 0 Å². The number of ether oxygens (including phenoxy) is 2. The van der Waals surface area contributed by atoms with Crippen LogP contribution in [0.3, 0.4) is 0 Å². The molecule has 0 saturated heterocycles. The van der Waals surface area contributed by atoms with Gasteiger partial charge in [-0.05, 0) is 41.7 Å². The van der Waals surface area contributed by atoms with Crippen molar-refractivity contribution < 1.29 is 19.4 Å². The molecule has 25 heavy (non-hydrogen) atoms. The molecule has 130 valence electrons. The molecule has 0 aliphatic carbocycles. The van der Waals surface area contributed by atoms with E-state index in [0.29, 0.717) is 5.75 Å². The Balaban J connectivity index is 1.91. The molecule has 2 aromatic rings. The Hall–Kier alpha value is -2.75. The van der Waals surface area contributed by atoms with E-state index in [-0.39, 0.29) is 11.0 Å². The molecule has 1 heterocycles. The number of benzene rings is 2. The number of methoxy groups -OCH3 is 1. The van der Waals surface area contributed by atoms with Crippen molar-refractivity contribution >= 4 is 18.1 Å². The fraction of sp³-hybridized carbons (Fsp3) is 0.286. The average Bonchev–Trinajstić information content (AvgIpc) is 2.59.